The largest absolute Gasteiger partial charge is 0.494 e. The molecule has 0 saturated heterocycles. The molecule has 146 valence electrons. The molecular weight excluding hydrogens is 364 g/mol. The van der Waals surface area contributed by atoms with Crippen LogP contribution >= 0.6 is 0 Å². The highest BCUT2D eigenvalue weighted by Crippen LogP contribution is 2.19. The van der Waals surface area contributed by atoms with E-state index >= 15 is 0 Å². The molecule has 0 saturated carbocycles. The number of carbonyl (C=O) groups excluding carboxylic acids is 2. The predicted molar refractivity (Wildman–Crippen MR) is 115 cm³/mol. The van der Waals surface area contributed by atoms with Crippen LogP contribution in [0.4, 0.5) is 11.4 Å². The molecule has 1 N–H and O–H groups in total. The Balaban J connectivity index is 1.83. The van der Waals surface area contributed by atoms with Crippen molar-refractivity contribution in [2.75, 3.05) is 11.9 Å². The Hall–Kier alpha value is -3.73. The van der Waals surface area contributed by atoms with Crippen molar-refractivity contribution >= 4 is 29.3 Å². The molecule has 1 unspecified atom stereocenters. The molecule has 3 aromatic carbocycles. The van der Waals surface area contributed by atoms with Crippen molar-refractivity contribution < 1.29 is 14.3 Å². The van der Waals surface area contributed by atoms with Crippen molar-refractivity contribution in [2.45, 2.75) is 6.92 Å². The lowest BCUT2D eigenvalue weighted by molar-refractivity contribution is -0.116. The number of hydrogen-bond acceptors (Lipinski definition) is 4. The van der Waals surface area contributed by atoms with Crippen molar-refractivity contribution in [1.29, 1.82) is 0 Å². The maximum Gasteiger partial charge on any atom is 0.240 e. The smallest absolute Gasteiger partial charge is 0.240 e. The summed E-state index contributed by atoms with van der Waals surface area (Å²) in [5.41, 5.74) is 1.71. The van der Waals surface area contributed by atoms with Crippen molar-refractivity contribution in [3.63, 3.8) is 0 Å². The SMILES string of the molecule is CCOc1ccc(N=CC(C(=O)Nc2ccccc2)C(=O)c2ccccc2)cc1. The molecule has 0 fully saturated rings. The second-order valence-corrected chi connectivity index (χ2v) is 6.27. The zero-order valence-corrected chi connectivity index (χ0v) is 16.1. The molecule has 0 aliphatic carbocycles. The summed E-state index contributed by atoms with van der Waals surface area (Å²) < 4.78 is 5.42. The van der Waals surface area contributed by atoms with Gasteiger partial charge in [0.25, 0.3) is 0 Å². The highest BCUT2D eigenvalue weighted by atomic mass is 16.5. The molecule has 0 radical (unpaired) electrons. The zero-order valence-electron chi connectivity index (χ0n) is 16.1. The number of rotatable bonds is 8. The normalized spacial score (nSPS) is 11.8. The highest BCUT2D eigenvalue weighted by molar-refractivity contribution is 6.22. The molecule has 0 aliphatic heterocycles. The fraction of sp³-hybridized carbons (Fsp3) is 0.125. The van der Waals surface area contributed by atoms with Crippen molar-refractivity contribution in [3.8, 4) is 5.75 Å². The molecule has 0 bridgehead atoms. The first-order chi connectivity index (χ1) is 14.2. The van der Waals surface area contributed by atoms with Gasteiger partial charge in [0, 0.05) is 17.5 Å². The number of para-hydroxylation sites is 1. The highest BCUT2D eigenvalue weighted by Gasteiger charge is 2.26. The van der Waals surface area contributed by atoms with Crippen molar-refractivity contribution in [3.05, 3.63) is 90.5 Å². The maximum absolute atomic E-state index is 13.0. The van der Waals surface area contributed by atoms with Crippen LogP contribution in [0.15, 0.2) is 89.9 Å². The third-order valence-electron chi connectivity index (χ3n) is 4.18. The van der Waals surface area contributed by atoms with Crippen LogP contribution in [0, 0.1) is 5.92 Å². The van der Waals surface area contributed by atoms with Crippen molar-refractivity contribution in [1.82, 2.24) is 0 Å². The second kappa shape index (κ2) is 9.99. The van der Waals surface area contributed by atoms with Crippen LogP contribution in [-0.2, 0) is 4.79 Å². The quantitative estimate of drug-likeness (QED) is 0.339. The Labute approximate surface area is 170 Å². The molecule has 5 heteroatoms. The number of nitrogens with one attached hydrogen (secondary N) is 1. The van der Waals surface area contributed by atoms with Gasteiger partial charge in [-0.1, -0.05) is 48.5 Å². The molecule has 29 heavy (non-hydrogen) atoms. The molecule has 0 spiro atoms. The average Bonchev–Trinajstić information content (AvgIpc) is 2.76. The summed E-state index contributed by atoms with van der Waals surface area (Å²) in [4.78, 5) is 30.2. The van der Waals surface area contributed by atoms with Gasteiger partial charge in [0.1, 0.15) is 11.7 Å². The first-order valence-corrected chi connectivity index (χ1v) is 9.39. The van der Waals surface area contributed by atoms with Crippen LogP contribution in [0.25, 0.3) is 0 Å². The lowest BCUT2D eigenvalue weighted by atomic mass is 9.97. The molecule has 0 aliphatic rings. The molecule has 0 aromatic heterocycles. The Morgan fingerprint density at radius 3 is 2.17 bits per heavy atom. The minimum Gasteiger partial charge on any atom is -0.494 e. The van der Waals surface area contributed by atoms with Gasteiger partial charge in [-0.2, -0.15) is 0 Å². The molecule has 3 rings (SSSR count). The number of ketones is 1. The fourth-order valence-corrected chi connectivity index (χ4v) is 2.73. The number of ether oxygens (including phenoxy) is 1. The molecule has 0 heterocycles. The van der Waals surface area contributed by atoms with E-state index in [9.17, 15) is 9.59 Å². The van der Waals surface area contributed by atoms with E-state index in [1.54, 1.807) is 60.7 Å². The van der Waals surface area contributed by atoms with E-state index < -0.39 is 11.8 Å². The maximum atomic E-state index is 13.0. The molecule has 5 nitrogen and oxygen atoms in total. The van der Waals surface area contributed by atoms with E-state index in [2.05, 4.69) is 10.3 Å². The van der Waals surface area contributed by atoms with Gasteiger partial charge in [0.15, 0.2) is 5.78 Å². The van der Waals surface area contributed by atoms with Crippen LogP contribution in [0.5, 0.6) is 5.75 Å². The molecule has 3 aromatic rings. The number of benzene rings is 3. The van der Waals surface area contributed by atoms with Gasteiger partial charge < -0.3 is 10.1 Å². The van der Waals surface area contributed by atoms with E-state index in [-0.39, 0.29) is 5.78 Å². The number of Topliss-reactive ketones (excluding diaryl/α,β-unsaturated/α-hetero) is 1. The summed E-state index contributed by atoms with van der Waals surface area (Å²) >= 11 is 0. The summed E-state index contributed by atoms with van der Waals surface area (Å²) in [6.45, 7) is 2.49. The first-order valence-electron chi connectivity index (χ1n) is 9.39. The number of hydrogen-bond donors (Lipinski definition) is 1. The molecular formula is C24H22N2O3. The Morgan fingerprint density at radius 2 is 1.55 bits per heavy atom. The van der Waals surface area contributed by atoms with Crippen LogP contribution in [-0.4, -0.2) is 24.5 Å². The van der Waals surface area contributed by atoms with E-state index in [4.69, 9.17) is 4.74 Å². The number of aliphatic imine (C=N–C) groups is 1. The monoisotopic (exact) mass is 386 g/mol. The lowest BCUT2D eigenvalue weighted by Crippen LogP contribution is -2.31. The zero-order chi connectivity index (χ0) is 20.5. The number of carbonyl (C=O) groups is 2. The van der Waals surface area contributed by atoms with Gasteiger partial charge in [-0.05, 0) is 43.3 Å². The predicted octanol–water partition coefficient (Wildman–Crippen LogP) is 4.93. The Morgan fingerprint density at radius 1 is 0.931 bits per heavy atom. The van der Waals surface area contributed by atoms with Crippen molar-refractivity contribution in [2.24, 2.45) is 10.9 Å². The van der Waals surface area contributed by atoms with Gasteiger partial charge in [0.2, 0.25) is 5.91 Å². The third kappa shape index (κ3) is 5.62. The summed E-state index contributed by atoms with van der Waals surface area (Å²) in [5, 5.41) is 2.78. The first kappa shape index (κ1) is 20.0. The van der Waals surface area contributed by atoms with E-state index in [0.717, 1.165) is 5.75 Å². The lowest BCUT2D eigenvalue weighted by Gasteiger charge is -2.12. The number of nitrogens with zero attached hydrogens (tertiary/aromatic N) is 1. The fourth-order valence-electron chi connectivity index (χ4n) is 2.73. The third-order valence-corrected chi connectivity index (χ3v) is 4.18. The van der Waals surface area contributed by atoms with Crippen LogP contribution in [0.2, 0.25) is 0 Å². The van der Waals surface area contributed by atoms with Gasteiger partial charge >= 0.3 is 0 Å². The van der Waals surface area contributed by atoms with Gasteiger partial charge in [-0.15, -0.1) is 0 Å². The van der Waals surface area contributed by atoms with E-state index in [0.29, 0.717) is 23.5 Å². The Kier molecular flexibility index (Phi) is 6.90. The standard InChI is InChI=1S/C24H22N2O3/c1-2-29-21-15-13-19(14-16-21)25-17-22(23(27)18-9-5-3-6-10-18)24(28)26-20-11-7-4-8-12-20/h3-17,22H,2H2,1H3,(H,26,28). The number of amides is 1. The summed E-state index contributed by atoms with van der Waals surface area (Å²) in [7, 11) is 0. The topological polar surface area (TPSA) is 67.8 Å². The summed E-state index contributed by atoms with van der Waals surface area (Å²) in [6, 6.07) is 24.9. The summed E-state index contributed by atoms with van der Waals surface area (Å²) in [6.07, 6.45) is 1.39. The second-order valence-electron chi connectivity index (χ2n) is 6.27. The molecule has 1 amide bonds. The van der Waals surface area contributed by atoms with Gasteiger partial charge in [-0.3, -0.25) is 14.6 Å². The van der Waals surface area contributed by atoms with Gasteiger partial charge in [-0.25, -0.2) is 0 Å². The molecule has 1 atom stereocenters. The van der Waals surface area contributed by atoms with E-state index in [1.807, 2.05) is 31.2 Å². The Bertz CT molecular complexity index is 968. The van der Waals surface area contributed by atoms with Gasteiger partial charge in [0.05, 0.1) is 12.3 Å². The van der Waals surface area contributed by atoms with E-state index in [1.165, 1.54) is 6.21 Å². The van der Waals surface area contributed by atoms with Crippen LogP contribution < -0.4 is 10.1 Å². The minimum absolute atomic E-state index is 0.311. The van der Waals surface area contributed by atoms with Crippen LogP contribution in [0.3, 0.4) is 0 Å². The average molecular weight is 386 g/mol. The minimum atomic E-state index is -1.05. The number of anilines is 1. The van der Waals surface area contributed by atoms with Crippen LogP contribution in [0.1, 0.15) is 17.3 Å². The summed E-state index contributed by atoms with van der Waals surface area (Å²) in [5.74, 6) is -1.05.